The van der Waals surface area contributed by atoms with Gasteiger partial charge in [0.25, 0.3) is 0 Å². The molecular formula is C13H12Cl2N4O. The average molecular weight is 311 g/mol. The van der Waals surface area contributed by atoms with Crippen LogP contribution in [-0.2, 0) is 11.2 Å². The Morgan fingerprint density at radius 2 is 2.25 bits per heavy atom. The second-order valence-corrected chi connectivity index (χ2v) is 4.82. The number of nitrogens with one attached hydrogen (secondary N) is 2. The molecule has 0 unspecified atom stereocenters. The zero-order valence-corrected chi connectivity index (χ0v) is 11.9. The molecule has 104 valence electrons. The lowest BCUT2D eigenvalue weighted by atomic mass is 10.2. The van der Waals surface area contributed by atoms with E-state index in [1.165, 1.54) is 12.4 Å². The van der Waals surface area contributed by atoms with E-state index in [2.05, 4.69) is 20.5 Å². The van der Waals surface area contributed by atoms with Crippen LogP contribution in [0.15, 0.2) is 30.6 Å². The lowest BCUT2D eigenvalue weighted by Crippen LogP contribution is -2.23. The van der Waals surface area contributed by atoms with E-state index in [-0.39, 0.29) is 5.91 Å². The molecule has 0 aliphatic carbocycles. The number of halogens is 2. The predicted octanol–water partition coefficient (Wildman–Crippen LogP) is 2.48. The second-order valence-electron chi connectivity index (χ2n) is 3.97. The summed E-state index contributed by atoms with van der Waals surface area (Å²) in [7, 11) is 0. The molecule has 0 saturated heterocycles. The Morgan fingerprint density at radius 1 is 1.40 bits per heavy atom. The number of benzene rings is 1. The summed E-state index contributed by atoms with van der Waals surface area (Å²) >= 11 is 11.8. The van der Waals surface area contributed by atoms with Gasteiger partial charge in [0.2, 0.25) is 5.91 Å². The molecule has 2 N–H and O–H groups in total. The van der Waals surface area contributed by atoms with E-state index in [1.807, 2.05) is 0 Å². The fourth-order valence-corrected chi connectivity index (χ4v) is 1.99. The largest absolute Gasteiger partial charge is 0.352 e. The standard InChI is InChI=1S/C13H12Cl2N4O/c14-10-3-1-9(11(15)7-10)2-4-13(20)16-6-5-12-17-8-18-19-12/h1-4,7-8H,5-6H2,(H,16,20)(H,17,18,19). The Labute approximate surface area is 126 Å². The van der Waals surface area contributed by atoms with Gasteiger partial charge in [0.1, 0.15) is 12.2 Å². The third-order valence-corrected chi connectivity index (χ3v) is 3.07. The Morgan fingerprint density at radius 3 is 2.95 bits per heavy atom. The zero-order valence-electron chi connectivity index (χ0n) is 10.4. The van der Waals surface area contributed by atoms with E-state index >= 15 is 0 Å². The summed E-state index contributed by atoms with van der Waals surface area (Å²) < 4.78 is 0. The van der Waals surface area contributed by atoms with E-state index < -0.39 is 0 Å². The summed E-state index contributed by atoms with van der Waals surface area (Å²) in [5, 5.41) is 10.2. The summed E-state index contributed by atoms with van der Waals surface area (Å²) in [5.74, 6) is 0.533. The van der Waals surface area contributed by atoms with Gasteiger partial charge in [-0.25, -0.2) is 4.98 Å². The molecule has 1 aromatic carbocycles. The van der Waals surface area contributed by atoms with Crippen molar-refractivity contribution in [1.82, 2.24) is 20.5 Å². The Balaban J connectivity index is 1.83. The summed E-state index contributed by atoms with van der Waals surface area (Å²) in [4.78, 5) is 15.6. The van der Waals surface area contributed by atoms with Gasteiger partial charge in [-0.2, -0.15) is 5.10 Å². The SMILES string of the molecule is O=C(C=Cc1ccc(Cl)cc1Cl)NCCc1ncn[nH]1. The highest BCUT2D eigenvalue weighted by atomic mass is 35.5. The number of rotatable bonds is 5. The Hall–Kier alpha value is -1.85. The molecule has 20 heavy (non-hydrogen) atoms. The predicted molar refractivity (Wildman–Crippen MR) is 78.6 cm³/mol. The number of nitrogens with zero attached hydrogens (tertiary/aromatic N) is 2. The van der Waals surface area contributed by atoms with Crippen molar-refractivity contribution in [2.24, 2.45) is 0 Å². The van der Waals surface area contributed by atoms with Crippen molar-refractivity contribution >= 4 is 35.2 Å². The highest BCUT2D eigenvalue weighted by molar-refractivity contribution is 6.35. The Bertz CT molecular complexity index is 611. The summed E-state index contributed by atoms with van der Waals surface area (Å²) in [6, 6.07) is 5.10. The van der Waals surface area contributed by atoms with Crippen molar-refractivity contribution in [3.8, 4) is 0 Å². The van der Waals surface area contributed by atoms with E-state index in [9.17, 15) is 4.79 Å². The molecule has 0 atom stereocenters. The molecule has 7 heteroatoms. The first kappa shape index (κ1) is 14.6. The van der Waals surface area contributed by atoms with Crippen LogP contribution in [0.25, 0.3) is 6.08 Å². The molecule has 0 saturated carbocycles. The number of amides is 1. The first-order chi connectivity index (χ1) is 9.65. The van der Waals surface area contributed by atoms with Crippen LogP contribution in [0.2, 0.25) is 10.0 Å². The van der Waals surface area contributed by atoms with Gasteiger partial charge >= 0.3 is 0 Å². The topological polar surface area (TPSA) is 70.7 Å². The van der Waals surface area contributed by atoms with E-state index in [4.69, 9.17) is 23.2 Å². The molecule has 2 rings (SSSR count). The van der Waals surface area contributed by atoms with Gasteiger partial charge in [0.15, 0.2) is 0 Å². The summed E-state index contributed by atoms with van der Waals surface area (Å²) in [5.41, 5.74) is 0.737. The lowest BCUT2D eigenvalue weighted by Gasteiger charge is -2.01. The van der Waals surface area contributed by atoms with Crippen LogP contribution in [0.5, 0.6) is 0 Å². The molecule has 0 bridgehead atoms. The van der Waals surface area contributed by atoms with Crippen molar-refractivity contribution < 1.29 is 4.79 Å². The fourth-order valence-electron chi connectivity index (χ4n) is 1.52. The van der Waals surface area contributed by atoms with Gasteiger partial charge in [-0.1, -0.05) is 29.3 Å². The number of H-pyrrole nitrogens is 1. The molecule has 1 amide bonds. The van der Waals surface area contributed by atoms with E-state index in [0.29, 0.717) is 23.0 Å². The molecule has 0 aliphatic heterocycles. The van der Waals surface area contributed by atoms with Crippen LogP contribution in [0, 0.1) is 0 Å². The molecule has 5 nitrogen and oxygen atoms in total. The fraction of sp³-hybridized carbons (Fsp3) is 0.154. The highest BCUT2D eigenvalue weighted by Gasteiger charge is 2.00. The van der Waals surface area contributed by atoms with Gasteiger partial charge in [-0.15, -0.1) is 0 Å². The van der Waals surface area contributed by atoms with Crippen LogP contribution in [0.1, 0.15) is 11.4 Å². The van der Waals surface area contributed by atoms with E-state index in [1.54, 1.807) is 24.3 Å². The van der Waals surface area contributed by atoms with Gasteiger partial charge in [-0.05, 0) is 23.8 Å². The first-order valence-electron chi connectivity index (χ1n) is 5.90. The van der Waals surface area contributed by atoms with Gasteiger partial charge in [0, 0.05) is 29.1 Å². The third kappa shape index (κ3) is 4.36. The first-order valence-corrected chi connectivity index (χ1v) is 6.66. The third-order valence-electron chi connectivity index (χ3n) is 2.50. The van der Waals surface area contributed by atoms with E-state index in [0.717, 1.165) is 11.4 Å². The van der Waals surface area contributed by atoms with Gasteiger partial charge in [0.05, 0.1) is 0 Å². The van der Waals surface area contributed by atoms with Gasteiger partial charge < -0.3 is 5.32 Å². The van der Waals surface area contributed by atoms with Crippen molar-refractivity contribution in [2.45, 2.75) is 6.42 Å². The number of carbonyl (C=O) groups is 1. The van der Waals surface area contributed by atoms with Crippen LogP contribution >= 0.6 is 23.2 Å². The molecule has 1 heterocycles. The monoisotopic (exact) mass is 310 g/mol. The maximum Gasteiger partial charge on any atom is 0.244 e. The van der Waals surface area contributed by atoms with Crippen LogP contribution in [0.4, 0.5) is 0 Å². The van der Waals surface area contributed by atoms with Crippen LogP contribution < -0.4 is 5.32 Å². The van der Waals surface area contributed by atoms with Crippen LogP contribution in [-0.4, -0.2) is 27.6 Å². The minimum Gasteiger partial charge on any atom is -0.352 e. The molecular weight excluding hydrogens is 299 g/mol. The number of aromatic amines is 1. The minimum absolute atomic E-state index is 0.199. The summed E-state index contributed by atoms with van der Waals surface area (Å²) in [6.07, 6.45) is 5.10. The average Bonchev–Trinajstić information content (AvgIpc) is 2.91. The zero-order chi connectivity index (χ0) is 14.4. The van der Waals surface area contributed by atoms with Crippen LogP contribution in [0.3, 0.4) is 0 Å². The maximum atomic E-state index is 11.6. The van der Waals surface area contributed by atoms with Crippen molar-refractivity contribution in [2.75, 3.05) is 6.54 Å². The lowest BCUT2D eigenvalue weighted by molar-refractivity contribution is -0.116. The number of hydrogen-bond donors (Lipinski definition) is 2. The molecule has 0 spiro atoms. The maximum absolute atomic E-state index is 11.6. The second kappa shape index (κ2) is 7.07. The molecule has 1 aromatic heterocycles. The van der Waals surface area contributed by atoms with Gasteiger partial charge in [-0.3, -0.25) is 9.89 Å². The summed E-state index contributed by atoms with van der Waals surface area (Å²) in [6.45, 7) is 0.479. The molecule has 0 aliphatic rings. The highest BCUT2D eigenvalue weighted by Crippen LogP contribution is 2.21. The molecule has 0 radical (unpaired) electrons. The molecule has 0 fully saturated rings. The normalized spacial score (nSPS) is 10.9. The van der Waals surface area contributed by atoms with Crippen molar-refractivity contribution in [3.63, 3.8) is 0 Å². The van der Waals surface area contributed by atoms with Crippen molar-refractivity contribution in [3.05, 3.63) is 52.0 Å². The smallest absolute Gasteiger partial charge is 0.244 e. The number of aromatic nitrogens is 3. The quantitative estimate of drug-likeness (QED) is 0.833. The Kier molecular flexibility index (Phi) is 5.15. The number of hydrogen-bond acceptors (Lipinski definition) is 3. The van der Waals surface area contributed by atoms with Crippen molar-refractivity contribution in [1.29, 1.82) is 0 Å². The molecule has 2 aromatic rings. The minimum atomic E-state index is -0.199. The number of carbonyl (C=O) groups excluding carboxylic acids is 1.